The van der Waals surface area contributed by atoms with E-state index >= 15 is 0 Å². The highest BCUT2D eigenvalue weighted by molar-refractivity contribution is 5.81. The SMILES string of the molecule is COC(=O)/C=C/C1(O)OC[C@@H]2OC(C)(C)O[C@@H]21. The number of carbonyl (C=O) groups is 1. The van der Waals surface area contributed by atoms with Gasteiger partial charge in [0.1, 0.15) is 12.2 Å². The van der Waals surface area contributed by atoms with E-state index in [4.69, 9.17) is 14.2 Å². The zero-order valence-corrected chi connectivity index (χ0v) is 10.0. The number of methoxy groups -OCH3 is 1. The third kappa shape index (κ3) is 2.35. The molecule has 2 aliphatic rings. The van der Waals surface area contributed by atoms with Crippen LogP contribution in [0.25, 0.3) is 0 Å². The molecule has 0 bridgehead atoms. The van der Waals surface area contributed by atoms with E-state index in [1.807, 2.05) is 0 Å². The second-order valence-electron chi connectivity index (χ2n) is 4.51. The summed E-state index contributed by atoms with van der Waals surface area (Å²) < 4.78 is 20.7. The maximum absolute atomic E-state index is 11.0. The monoisotopic (exact) mass is 244 g/mol. The van der Waals surface area contributed by atoms with Gasteiger partial charge in [-0.05, 0) is 19.9 Å². The number of esters is 1. The minimum atomic E-state index is -1.65. The van der Waals surface area contributed by atoms with Gasteiger partial charge in [0.15, 0.2) is 5.79 Å². The van der Waals surface area contributed by atoms with Gasteiger partial charge in [0.25, 0.3) is 0 Å². The van der Waals surface area contributed by atoms with Crippen molar-refractivity contribution in [3.63, 3.8) is 0 Å². The van der Waals surface area contributed by atoms with Crippen LogP contribution in [-0.2, 0) is 23.7 Å². The van der Waals surface area contributed by atoms with Crippen LogP contribution in [0, 0.1) is 0 Å². The first-order chi connectivity index (χ1) is 7.86. The Morgan fingerprint density at radius 3 is 2.82 bits per heavy atom. The van der Waals surface area contributed by atoms with Crippen molar-refractivity contribution in [3.8, 4) is 0 Å². The summed E-state index contributed by atoms with van der Waals surface area (Å²) in [5.41, 5.74) is 0. The number of rotatable bonds is 2. The number of aliphatic hydroxyl groups is 1. The molecule has 6 nitrogen and oxygen atoms in total. The van der Waals surface area contributed by atoms with E-state index in [1.54, 1.807) is 13.8 Å². The minimum absolute atomic E-state index is 0.218. The van der Waals surface area contributed by atoms with Gasteiger partial charge in [-0.2, -0.15) is 0 Å². The fourth-order valence-electron chi connectivity index (χ4n) is 2.00. The second kappa shape index (κ2) is 4.06. The zero-order chi connectivity index (χ0) is 12.7. The van der Waals surface area contributed by atoms with Crippen molar-refractivity contribution in [3.05, 3.63) is 12.2 Å². The molecule has 2 fully saturated rings. The molecular formula is C11H16O6. The lowest BCUT2D eigenvalue weighted by atomic mass is 10.1. The van der Waals surface area contributed by atoms with E-state index < -0.39 is 23.6 Å². The maximum atomic E-state index is 11.0. The number of hydrogen-bond donors (Lipinski definition) is 1. The molecular weight excluding hydrogens is 228 g/mol. The van der Waals surface area contributed by atoms with Gasteiger partial charge in [-0.25, -0.2) is 4.79 Å². The summed E-state index contributed by atoms with van der Waals surface area (Å²) >= 11 is 0. The summed E-state index contributed by atoms with van der Waals surface area (Å²) in [6, 6.07) is 0. The van der Waals surface area contributed by atoms with Crippen molar-refractivity contribution < 1.29 is 28.8 Å². The van der Waals surface area contributed by atoms with Crippen LogP contribution < -0.4 is 0 Å². The quantitative estimate of drug-likeness (QED) is 0.542. The number of carbonyl (C=O) groups excluding carboxylic acids is 1. The molecule has 1 unspecified atom stereocenters. The molecule has 0 spiro atoms. The molecule has 2 saturated heterocycles. The molecule has 6 heteroatoms. The molecule has 0 aromatic carbocycles. The molecule has 0 radical (unpaired) electrons. The highest BCUT2D eigenvalue weighted by Crippen LogP contribution is 2.40. The fraction of sp³-hybridized carbons (Fsp3) is 0.727. The zero-order valence-electron chi connectivity index (χ0n) is 10.0. The van der Waals surface area contributed by atoms with Gasteiger partial charge >= 0.3 is 5.97 Å². The standard InChI is InChI=1S/C11H16O6/c1-10(2)16-7-6-15-11(13,9(7)17-10)5-4-8(12)14-3/h4-5,7,9,13H,6H2,1-3H3/b5-4+/t7-,9-,11?/m0/s1. The van der Waals surface area contributed by atoms with Crippen LogP contribution in [-0.4, -0.2) is 48.6 Å². The van der Waals surface area contributed by atoms with Crippen LogP contribution >= 0.6 is 0 Å². The Labute approximate surface area is 99.1 Å². The highest BCUT2D eigenvalue weighted by atomic mass is 16.8. The largest absolute Gasteiger partial charge is 0.466 e. The smallest absolute Gasteiger partial charge is 0.330 e. The van der Waals surface area contributed by atoms with Gasteiger partial charge in [-0.15, -0.1) is 0 Å². The molecule has 96 valence electrons. The number of ether oxygens (including phenoxy) is 4. The summed E-state index contributed by atoms with van der Waals surface area (Å²) in [5, 5.41) is 10.2. The lowest BCUT2D eigenvalue weighted by molar-refractivity contribution is -0.237. The Balaban J connectivity index is 2.11. The molecule has 3 atom stereocenters. The Bertz CT molecular complexity index is 350. The van der Waals surface area contributed by atoms with Gasteiger partial charge in [0.2, 0.25) is 5.79 Å². The fourth-order valence-corrected chi connectivity index (χ4v) is 2.00. The average Bonchev–Trinajstić information content (AvgIpc) is 2.72. The van der Waals surface area contributed by atoms with Crippen LogP contribution in [0.1, 0.15) is 13.8 Å². The summed E-state index contributed by atoms with van der Waals surface area (Å²) in [7, 11) is 1.26. The van der Waals surface area contributed by atoms with Crippen molar-refractivity contribution in [2.45, 2.75) is 37.6 Å². The Morgan fingerprint density at radius 2 is 2.18 bits per heavy atom. The van der Waals surface area contributed by atoms with Crippen LogP contribution in [0.15, 0.2) is 12.2 Å². The first-order valence-corrected chi connectivity index (χ1v) is 5.35. The normalized spacial score (nSPS) is 39.5. The van der Waals surface area contributed by atoms with Gasteiger partial charge in [0.05, 0.1) is 13.7 Å². The van der Waals surface area contributed by atoms with Gasteiger partial charge in [0, 0.05) is 6.08 Å². The average molecular weight is 244 g/mol. The van der Waals surface area contributed by atoms with Crippen LogP contribution in [0.3, 0.4) is 0 Å². The number of fused-ring (bicyclic) bond motifs is 1. The third-order valence-corrected chi connectivity index (χ3v) is 2.73. The molecule has 0 saturated carbocycles. The van der Waals surface area contributed by atoms with Gasteiger partial charge in [-0.3, -0.25) is 0 Å². The Hall–Kier alpha value is -0.950. The van der Waals surface area contributed by atoms with E-state index in [-0.39, 0.29) is 12.7 Å². The lowest BCUT2D eigenvalue weighted by Gasteiger charge is -2.26. The minimum Gasteiger partial charge on any atom is -0.466 e. The van der Waals surface area contributed by atoms with E-state index in [0.717, 1.165) is 6.08 Å². The molecule has 0 aliphatic carbocycles. The summed E-state index contributed by atoms with van der Waals surface area (Å²) in [6.45, 7) is 3.74. The van der Waals surface area contributed by atoms with Crippen molar-refractivity contribution in [1.82, 2.24) is 0 Å². The molecule has 1 N–H and O–H groups in total. The van der Waals surface area contributed by atoms with Crippen LogP contribution in [0.5, 0.6) is 0 Å². The molecule has 0 aromatic rings. The summed E-state index contributed by atoms with van der Waals surface area (Å²) in [6.07, 6.45) is 1.36. The van der Waals surface area contributed by atoms with E-state index in [0.29, 0.717) is 0 Å². The third-order valence-electron chi connectivity index (χ3n) is 2.73. The van der Waals surface area contributed by atoms with Crippen molar-refractivity contribution in [1.29, 1.82) is 0 Å². The van der Waals surface area contributed by atoms with Crippen LogP contribution in [0.2, 0.25) is 0 Å². The van der Waals surface area contributed by atoms with Gasteiger partial charge in [-0.1, -0.05) is 0 Å². The molecule has 2 aliphatic heterocycles. The second-order valence-corrected chi connectivity index (χ2v) is 4.51. The van der Waals surface area contributed by atoms with Crippen molar-refractivity contribution in [2.75, 3.05) is 13.7 Å². The predicted octanol–water partition coefficient (Wildman–Crippen LogP) is -0.0455. The highest BCUT2D eigenvalue weighted by Gasteiger charge is 2.57. The van der Waals surface area contributed by atoms with Gasteiger partial charge < -0.3 is 24.1 Å². The van der Waals surface area contributed by atoms with E-state index in [9.17, 15) is 9.90 Å². The Morgan fingerprint density at radius 1 is 1.47 bits per heavy atom. The lowest BCUT2D eigenvalue weighted by Crippen LogP contribution is -2.41. The summed E-state index contributed by atoms with van der Waals surface area (Å²) in [4.78, 5) is 11.0. The first kappa shape index (κ1) is 12.5. The molecule has 0 amide bonds. The van der Waals surface area contributed by atoms with Crippen molar-refractivity contribution in [2.24, 2.45) is 0 Å². The van der Waals surface area contributed by atoms with Crippen molar-refractivity contribution >= 4 is 5.97 Å². The van der Waals surface area contributed by atoms with E-state index in [2.05, 4.69) is 4.74 Å². The van der Waals surface area contributed by atoms with Crippen LogP contribution in [0.4, 0.5) is 0 Å². The first-order valence-electron chi connectivity index (χ1n) is 5.35. The van der Waals surface area contributed by atoms with E-state index in [1.165, 1.54) is 13.2 Å². The Kier molecular flexibility index (Phi) is 2.99. The predicted molar refractivity (Wildman–Crippen MR) is 55.9 cm³/mol. The topological polar surface area (TPSA) is 74.2 Å². The molecule has 0 aromatic heterocycles. The maximum Gasteiger partial charge on any atom is 0.330 e. The summed E-state index contributed by atoms with van der Waals surface area (Å²) in [5.74, 6) is -2.97. The number of hydrogen-bond acceptors (Lipinski definition) is 6. The molecule has 17 heavy (non-hydrogen) atoms. The molecule has 2 rings (SSSR count). The molecule has 2 heterocycles.